The molecule has 1 unspecified atom stereocenters. The smallest absolute Gasteiger partial charge is 0.352 e. The van der Waals surface area contributed by atoms with Crippen LogP contribution in [0.2, 0.25) is 0 Å². The average Bonchev–Trinajstić information content (AvgIpc) is 2.48. The maximum atomic E-state index is 12.3. The summed E-state index contributed by atoms with van der Waals surface area (Å²) in [4.78, 5) is 23.3. The summed E-state index contributed by atoms with van der Waals surface area (Å²) in [5.74, 6) is -1.77. The molecule has 7 nitrogen and oxygen atoms in total. The third-order valence-electron chi connectivity index (χ3n) is 4.12. The maximum Gasteiger partial charge on any atom is 0.352 e. The molecule has 0 saturated carbocycles. The molecular weight excluding hydrogens is 300 g/mol. The Morgan fingerprint density at radius 3 is 2.22 bits per heavy atom. The van der Waals surface area contributed by atoms with Crippen molar-refractivity contribution < 1.29 is 24.9 Å². The van der Waals surface area contributed by atoms with Crippen molar-refractivity contribution in [3.8, 4) is 5.75 Å². The lowest BCUT2D eigenvalue weighted by atomic mass is 9.74. The first kappa shape index (κ1) is 19.1. The molecule has 0 aliphatic carbocycles. The van der Waals surface area contributed by atoms with Crippen LogP contribution in [0.3, 0.4) is 0 Å². The normalized spacial score (nSPS) is 15.7. The minimum Gasteiger partial charge on any atom is -0.508 e. The summed E-state index contributed by atoms with van der Waals surface area (Å²) < 4.78 is 0. The summed E-state index contributed by atoms with van der Waals surface area (Å²) in [5.41, 5.74) is 8.06. The summed E-state index contributed by atoms with van der Waals surface area (Å²) in [6, 6.07) is 5.23. The van der Waals surface area contributed by atoms with Crippen molar-refractivity contribution in [1.29, 1.82) is 0 Å². The third kappa shape index (κ3) is 4.51. The number of aromatic hydroxyl groups is 1. The van der Waals surface area contributed by atoms with Crippen LogP contribution in [-0.4, -0.2) is 38.8 Å². The van der Waals surface area contributed by atoms with E-state index in [0.717, 1.165) is 5.56 Å². The standard InChI is InChI=1S/C16H24N2O5/c1-15(2,13(17)16(18,23)14(21)22)12(20)5-3-4-10-6-8-11(19)9-7-10/h6-9,13,19,23H,3-5,17-18H2,1-2H3,(H,21,22)/t13?,16-/m0/s1. The fraction of sp³-hybridized carbons (Fsp3) is 0.500. The number of phenolic OH excluding ortho intramolecular Hbond substituents is 1. The topological polar surface area (TPSA) is 147 Å². The van der Waals surface area contributed by atoms with E-state index in [4.69, 9.17) is 16.6 Å². The highest BCUT2D eigenvalue weighted by Crippen LogP contribution is 2.28. The highest BCUT2D eigenvalue weighted by Gasteiger charge is 2.49. The Balaban J connectivity index is 2.65. The van der Waals surface area contributed by atoms with Gasteiger partial charge in [0.1, 0.15) is 11.5 Å². The van der Waals surface area contributed by atoms with Gasteiger partial charge < -0.3 is 21.1 Å². The summed E-state index contributed by atoms with van der Waals surface area (Å²) in [5, 5.41) is 27.9. The molecule has 0 spiro atoms. The van der Waals surface area contributed by atoms with Crippen molar-refractivity contribution in [3.63, 3.8) is 0 Å². The number of Topliss-reactive ketones (excluding diaryl/α,β-unsaturated/α-hetero) is 1. The Labute approximate surface area is 134 Å². The van der Waals surface area contributed by atoms with Crippen LogP contribution >= 0.6 is 0 Å². The SMILES string of the molecule is CC(C)(C(=O)CCCc1ccc(O)cc1)C(N)[C@](N)(O)C(=O)O. The number of carboxylic acid groups (broad SMARTS) is 1. The van der Waals surface area contributed by atoms with Crippen LogP contribution in [0.5, 0.6) is 5.75 Å². The molecule has 0 aliphatic rings. The van der Waals surface area contributed by atoms with E-state index in [0.29, 0.717) is 12.8 Å². The molecule has 7 N–H and O–H groups in total. The fourth-order valence-corrected chi connectivity index (χ4v) is 2.29. The van der Waals surface area contributed by atoms with Gasteiger partial charge in [0, 0.05) is 11.8 Å². The van der Waals surface area contributed by atoms with E-state index in [1.165, 1.54) is 13.8 Å². The lowest BCUT2D eigenvalue weighted by molar-refractivity contribution is -0.165. The first-order chi connectivity index (χ1) is 10.5. The van der Waals surface area contributed by atoms with Gasteiger partial charge in [0.15, 0.2) is 0 Å². The molecule has 1 aromatic rings. The van der Waals surface area contributed by atoms with Crippen LogP contribution in [0, 0.1) is 5.41 Å². The number of phenols is 1. The van der Waals surface area contributed by atoms with E-state index >= 15 is 0 Å². The number of rotatable bonds is 8. The molecule has 0 amide bonds. The number of carbonyl (C=O) groups is 2. The number of carboxylic acids is 1. The largest absolute Gasteiger partial charge is 0.508 e. The Kier molecular flexibility index (Phi) is 5.87. The summed E-state index contributed by atoms with van der Waals surface area (Å²) >= 11 is 0. The number of aliphatic carboxylic acids is 1. The zero-order valence-corrected chi connectivity index (χ0v) is 13.3. The van der Waals surface area contributed by atoms with Crippen molar-refractivity contribution in [2.24, 2.45) is 16.9 Å². The highest BCUT2D eigenvalue weighted by atomic mass is 16.4. The van der Waals surface area contributed by atoms with E-state index in [1.54, 1.807) is 24.3 Å². The predicted octanol–water partition coefficient (Wildman–Crippen LogP) is 0.369. The minimum atomic E-state index is -2.67. The Morgan fingerprint density at radius 2 is 1.74 bits per heavy atom. The summed E-state index contributed by atoms with van der Waals surface area (Å²) in [6.07, 6.45) is 1.34. The van der Waals surface area contributed by atoms with Gasteiger partial charge in [-0.15, -0.1) is 0 Å². The molecule has 0 saturated heterocycles. The molecule has 7 heteroatoms. The molecule has 1 rings (SSSR count). The van der Waals surface area contributed by atoms with Crippen molar-refractivity contribution in [3.05, 3.63) is 29.8 Å². The van der Waals surface area contributed by atoms with E-state index in [2.05, 4.69) is 0 Å². The van der Waals surface area contributed by atoms with E-state index in [9.17, 15) is 19.8 Å². The number of nitrogens with two attached hydrogens (primary N) is 2. The van der Waals surface area contributed by atoms with Crippen LogP contribution in [0.25, 0.3) is 0 Å². The average molecular weight is 324 g/mol. The van der Waals surface area contributed by atoms with Gasteiger partial charge in [-0.05, 0) is 30.5 Å². The lowest BCUT2D eigenvalue weighted by Crippen LogP contribution is -2.67. The van der Waals surface area contributed by atoms with Crippen LogP contribution in [0.15, 0.2) is 24.3 Å². The molecule has 23 heavy (non-hydrogen) atoms. The number of aryl methyl sites for hydroxylation is 1. The molecule has 0 radical (unpaired) electrons. The van der Waals surface area contributed by atoms with E-state index in [-0.39, 0.29) is 18.0 Å². The molecule has 0 fully saturated rings. The van der Waals surface area contributed by atoms with Crippen molar-refractivity contribution in [2.75, 3.05) is 0 Å². The first-order valence-corrected chi connectivity index (χ1v) is 7.31. The number of hydrogen-bond acceptors (Lipinski definition) is 6. The molecular formula is C16H24N2O5. The van der Waals surface area contributed by atoms with E-state index < -0.39 is 23.2 Å². The maximum absolute atomic E-state index is 12.3. The number of carbonyl (C=O) groups excluding carboxylic acids is 1. The van der Waals surface area contributed by atoms with Gasteiger partial charge in [0.25, 0.3) is 0 Å². The quantitative estimate of drug-likeness (QED) is 0.434. The summed E-state index contributed by atoms with van der Waals surface area (Å²) in [6.45, 7) is 2.95. The van der Waals surface area contributed by atoms with Crippen molar-refractivity contribution in [1.82, 2.24) is 0 Å². The number of ketones is 1. The van der Waals surface area contributed by atoms with Crippen LogP contribution in [0.4, 0.5) is 0 Å². The second-order valence-corrected chi connectivity index (χ2v) is 6.27. The van der Waals surface area contributed by atoms with Gasteiger partial charge in [-0.2, -0.15) is 0 Å². The minimum absolute atomic E-state index is 0.174. The molecule has 0 aromatic heterocycles. The van der Waals surface area contributed by atoms with Gasteiger partial charge in [-0.3, -0.25) is 10.5 Å². The molecule has 0 bridgehead atoms. The Bertz CT molecular complexity index is 566. The third-order valence-corrected chi connectivity index (χ3v) is 4.12. The molecule has 0 aliphatic heterocycles. The lowest BCUT2D eigenvalue weighted by Gasteiger charge is -2.37. The van der Waals surface area contributed by atoms with Crippen molar-refractivity contribution in [2.45, 2.75) is 44.9 Å². The summed E-state index contributed by atoms with van der Waals surface area (Å²) in [7, 11) is 0. The molecule has 0 heterocycles. The van der Waals surface area contributed by atoms with Gasteiger partial charge >= 0.3 is 5.97 Å². The number of benzene rings is 1. The van der Waals surface area contributed by atoms with Gasteiger partial charge in [0.2, 0.25) is 5.72 Å². The molecule has 2 atom stereocenters. The van der Waals surface area contributed by atoms with Crippen LogP contribution in [0.1, 0.15) is 32.3 Å². The second kappa shape index (κ2) is 7.08. The Hall–Kier alpha value is -1.96. The van der Waals surface area contributed by atoms with Crippen LogP contribution < -0.4 is 11.5 Å². The fourth-order valence-electron chi connectivity index (χ4n) is 2.29. The van der Waals surface area contributed by atoms with Gasteiger partial charge in [-0.1, -0.05) is 26.0 Å². The van der Waals surface area contributed by atoms with Gasteiger partial charge in [0.05, 0.1) is 6.04 Å². The van der Waals surface area contributed by atoms with Crippen molar-refractivity contribution >= 4 is 11.8 Å². The predicted molar refractivity (Wildman–Crippen MR) is 84.6 cm³/mol. The monoisotopic (exact) mass is 324 g/mol. The number of aliphatic hydroxyl groups is 1. The number of hydrogen-bond donors (Lipinski definition) is 5. The van der Waals surface area contributed by atoms with E-state index in [1.807, 2.05) is 0 Å². The Morgan fingerprint density at radius 1 is 1.22 bits per heavy atom. The zero-order valence-electron chi connectivity index (χ0n) is 13.3. The first-order valence-electron chi connectivity index (χ1n) is 7.31. The molecule has 128 valence electrons. The highest BCUT2D eigenvalue weighted by molar-refractivity contribution is 5.87. The van der Waals surface area contributed by atoms with Gasteiger partial charge in [-0.25, -0.2) is 4.79 Å². The van der Waals surface area contributed by atoms with Crippen LogP contribution in [-0.2, 0) is 16.0 Å². The second-order valence-electron chi connectivity index (χ2n) is 6.27. The molecule has 1 aromatic carbocycles. The zero-order chi connectivity index (χ0) is 17.8.